The lowest BCUT2D eigenvalue weighted by Gasteiger charge is -2.25. The van der Waals surface area contributed by atoms with Gasteiger partial charge in [-0.05, 0) is 42.0 Å². The number of aromatic hydroxyl groups is 1. The Morgan fingerprint density at radius 3 is 2.36 bits per heavy atom. The van der Waals surface area contributed by atoms with Crippen LogP contribution >= 0.6 is 34.8 Å². The fourth-order valence-corrected chi connectivity index (χ4v) is 2.32. The molecule has 2 rings (SSSR count). The Balaban J connectivity index is 1.98. The maximum absolute atomic E-state index is 11.9. The Bertz CT molecular complexity index is 867. The van der Waals surface area contributed by atoms with Gasteiger partial charge >= 0.3 is 0 Å². The standard InChI is InChI=1S/C18H16Cl3N3O4/c1-11(25)23-17(18(19,20)21)28-13-8-6-12(7-9-13)10-22-24-16(27)14-4-2-3-5-15(14)26/h2-10,17,26H,1H3,(H,23,25)(H,24,27). The number of carbonyl (C=O) groups is 2. The zero-order valence-corrected chi connectivity index (χ0v) is 16.8. The molecule has 0 radical (unpaired) electrons. The van der Waals surface area contributed by atoms with Crippen molar-refractivity contribution in [2.75, 3.05) is 0 Å². The van der Waals surface area contributed by atoms with E-state index in [-0.39, 0.29) is 11.3 Å². The summed E-state index contributed by atoms with van der Waals surface area (Å²) in [6.45, 7) is 1.27. The molecular formula is C18H16Cl3N3O4. The number of nitrogens with zero attached hydrogens (tertiary/aromatic N) is 1. The van der Waals surface area contributed by atoms with Gasteiger partial charge in [-0.15, -0.1) is 0 Å². The molecule has 0 saturated heterocycles. The number of hydrogen-bond acceptors (Lipinski definition) is 5. The van der Waals surface area contributed by atoms with E-state index in [2.05, 4.69) is 15.8 Å². The largest absolute Gasteiger partial charge is 0.507 e. The molecule has 28 heavy (non-hydrogen) atoms. The molecular weight excluding hydrogens is 429 g/mol. The van der Waals surface area contributed by atoms with Crippen molar-refractivity contribution in [3.8, 4) is 11.5 Å². The Morgan fingerprint density at radius 1 is 1.14 bits per heavy atom. The normalized spacial score (nSPS) is 12.4. The molecule has 148 valence electrons. The summed E-state index contributed by atoms with van der Waals surface area (Å²) in [6.07, 6.45) is 0.231. The first kappa shape index (κ1) is 21.8. The van der Waals surface area contributed by atoms with Crippen LogP contribution < -0.4 is 15.5 Å². The molecule has 2 amide bonds. The molecule has 2 aromatic carbocycles. The first-order valence-corrected chi connectivity index (χ1v) is 9.02. The van der Waals surface area contributed by atoms with Crippen molar-refractivity contribution in [2.45, 2.75) is 16.9 Å². The van der Waals surface area contributed by atoms with Crippen LogP contribution in [0.2, 0.25) is 0 Å². The summed E-state index contributed by atoms with van der Waals surface area (Å²) in [5, 5.41) is 15.9. The predicted molar refractivity (Wildman–Crippen MR) is 108 cm³/mol. The first-order chi connectivity index (χ1) is 13.2. The number of amides is 2. The lowest BCUT2D eigenvalue weighted by molar-refractivity contribution is -0.121. The third-order valence-electron chi connectivity index (χ3n) is 3.29. The molecule has 2 aromatic rings. The highest BCUT2D eigenvalue weighted by Crippen LogP contribution is 2.32. The van der Waals surface area contributed by atoms with Crippen molar-refractivity contribution in [1.29, 1.82) is 0 Å². The molecule has 0 fully saturated rings. The minimum absolute atomic E-state index is 0.110. The number of hydrogen-bond donors (Lipinski definition) is 3. The molecule has 0 saturated carbocycles. The van der Waals surface area contributed by atoms with Gasteiger partial charge in [0.05, 0.1) is 11.8 Å². The third-order valence-corrected chi connectivity index (χ3v) is 3.89. The number of para-hydroxylation sites is 1. The third kappa shape index (κ3) is 6.60. The second kappa shape index (κ2) is 9.64. The molecule has 0 bridgehead atoms. The minimum Gasteiger partial charge on any atom is -0.507 e. The highest BCUT2D eigenvalue weighted by molar-refractivity contribution is 6.68. The van der Waals surface area contributed by atoms with Gasteiger partial charge in [-0.25, -0.2) is 5.43 Å². The van der Waals surface area contributed by atoms with Crippen molar-refractivity contribution in [1.82, 2.24) is 10.7 Å². The summed E-state index contributed by atoms with van der Waals surface area (Å²) in [7, 11) is 0. The van der Waals surface area contributed by atoms with E-state index in [4.69, 9.17) is 39.5 Å². The molecule has 0 aliphatic heterocycles. The molecule has 1 unspecified atom stereocenters. The van der Waals surface area contributed by atoms with Crippen LogP contribution in [0.15, 0.2) is 53.6 Å². The number of nitrogens with one attached hydrogen (secondary N) is 2. The molecule has 0 spiro atoms. The lowest BCUT2D eigenvalue weighted by Crippen LogP contribution is -2.47. The average Bonchev–Trinajstić information content (AvgIpc) is 2.61. The molecule has 0 aliphatic rings. The van der Waals surface area contributed by atoms with Gasteiger partial charge in [0.2, 0.25) is 15.9 Å². The van der Waals surface area contributed by atoms with Crippen LogP contribution in [-0.4, -0.2) is 33.2 Å². The average molecular weight is 445 g/mol. The van der Waals surface area contributed by atoms with Gasteiger partial charge in [-0.2, -0.15) is 5.10 Å². The maximum Gasteiger partial charge on any atom is 0.275 e. The summed E-state index contributed by atoms with van der Waals surface area (Å²) in [5.41, 5.74) is 3.07. The van der Waals surface area contributed by atoms with Gasteiger partial charge in [0.25, 0.3) is 5.91 Å². The summed E-state index contributed by atoms with van der Waals surface area (Å²) in [5.74, 6) is -0.754. The first-order valence-electron chi connectivity index (χ1n) is 7.89. The quantitative estimate of drug-likeness (QED) is 0.275. The topological polar surface area (TPSA) is 100 Å². The highest BCUT2D eigenvalue weighted by Gasteiger charge is 2.35. The Labute approximate surface area is 176 Å². The number of hydrazone groups is 1. The Kier molecular flexibility index (Phi) is 7.51. The second-order valence-electron chi connectivity index (χ2n) is 5.53. The van der Waals surface area contributed by atoms with Crippen LogP contribution in [0.3, 0.4) is 0 Å². The molecule has 3 N–H and O–H groups in total. The zero-order chi connectivity index (χ0) is 20.7. The minimum atomic E-state index is -1.86. The van der Waals surface area contributed by atoms with Gasteiger partial charge in [-0.3, -0.25) is 9.59 Å². The van der Waals surface area contributed by atoms with Crippen molar-refractivity contribution >= 4 is 52.8 Å². The SMILES string of the molecule is CC(=O)NC(Oc1ccc(C=NNC(=O)c2ccccc2O)cc1)C(Cl)(Cl)Cl. The summed E-state index contributed by atoms with van der Waals surface area (Å²) >= 11 is 17.4. The monoisotopic (exact) mass is 443 g/mol. The number of benzene rings is 2. The summed E-state index contributed by atoms with van der Waals surface area (Å²) in [6, 6.07) is 12.6. The molecule has 7 nitrogen and oxygen atoms in total. The molecule has 0 aliphatic carbocycles. The van der Waals surface area contributed by atoms with E-state index >= 15 is 0 Å². The van der Waals surface area contributed by atoms with Crippen molar-refractivity contribution in [3.05, 3.63) is 59.7 Å². The summed E-state index contributed by atoms with van der Waals surface area (Å²) in [4.78, 5) is 23.1. The van der Waals surface area contributed by atoms with Crippen LogP contribution in [0.4, 0.5) is 0 Å². The van der Waals surface area contributed by atoms with E-state index in [1.807, 2.05) is 0 Å². The lowest BCUT2D eigenvalue weighted by atomic mass is 10.2. The second-order valence-corrected chi connectivity index (χ2v) is 7.89. The number of rotatable bonds is 6. The van der Waals surface area contributed by atoms with E-state index < -0.39 is 21.8 Å². The van der Waals surface area contributed by atoms with Crippen LogP contribution in [-0.2, 0) is 4.79 Å². The molecule has 0 aromatic heterocycles. The molecule has 0 heterocycles. The number of alkyl halides is 3. The Morgan fingerprint density at radius 2 is 1.79 bits per heavy atom. The number of carbonyl (C=O) groups excluding carboxylic acids is 2. The number of phenolic OH excluding ortho intramolecular Hbond substituents is 1. The number of halogens is 3. The van der Waals surface area contributed by atoms with E-state index in [9.17, 15) is 14.7 Å². The van der Waals surface area contributed by atoms with Gasteiger partial charge in [0, 0.05) is 6.92 Å². The number of phenols is 1. The smallest absolute Gasteiger partial charge is 0.275 e. The molecule has 10 heteroatoms. The van der Waals surface area contributed by atoms with Crippen LogP contribution in [0.25, 0.3) is 0 Å². The predicted octanol–water partition coefficient (Wildman–Crippen LogP) is 3.37. The van der Waals surface area contributed by atoms with Crippen LogP contribution in [0.5, 0.6) is 11.5 Å². The van der Waals surface area contributed by atoms with Gasteiger partial charge < -0.3 is 15.2 Å². The Hall–Kier alpha value is -2.48. The van der Waals surface area contributed by atoms with E-state index in [1.165, 1.54) is 25.3 Å². The highest BCUT2D eigenvalue weighted by atomic mass is 35.6. The van der Waals surface area contributed by atoms with Gasteiger partial charge in [0.1, 0.15) is 11.5 Å². The van der Waals surface area contributed by atoms with Crippen LogP contribution in [0, 0.1) is 0 Å². The van der Waals surface area contributed by atoms with Crippen LogP contribution in [0.1, 0.15) is 22.8 Å². The van der Waals surface area contributed by atoms with E-state index in [0.29, 0.717) is 11.3 Å². The van der Waals surface area contributed by atoms with Crippen molar-refractivity contribution in [3.63, 3.8) is 0 Å². The fourth-order valence-electron chi connectivity index (χ4n) is 2.02. The number of ether oxygens (including phenoxy) is 1. The maximum atomic E-state index is 11.9. The summed E-state index contributed by atoms with van der Waals surface area (Å²) < 4.78 is 3.63. The zero-order valence-electron chi connectivity index (χ0n) is 14.5. The van der Waals surface area contributed by atoms with Crippen molar-refractivity contribution in [2.24, 2.45) is 5.10 Å². The van der Waals surface area contributed by atoms with E-state index in [1.54, 1.807) is 36.4 Å². The van der Waals surface area contributed by atoms with Gasteiger partial charge in [-0.1, -0.05) is 46.9 Å². The molecule has 1 atom stereocenters. The van der Waals surface area contributed by atoms with Crippen molar-refractivity contribution < 1.29 is 19.4 Å². The van der Waals surface area contributed by atoms with E-state index in [0.717, 1.165) is 0 Å². The van der Waals surface area contributed by atoms with Gasteiger partial charge in [0.15, 0.2) is 0 Å². The fraction of sp³-hybridized carbons (Fsp3) is 0.167.